The molecule has 28 heavy (non-hydrogen) atoms. The van der Waals surface area contributed by atoms with Crippen LogP contribution in [-0.4, -0.2) is 8.42 Å². The first-order valence-electron chi connectivity index (χ1n) is 8.38. The van der Waals surface area contributed by atoms with E-state index in [-0.39, 0.29) is 9.80 Å². The lowest BCUT2D eigenvalue weighted by molar-refractivity contribution is 0.306. The van der Waals surface area contributed by atoms with E-state index in [2.05, 4.69) is 0 Å². The van der Waals surface area contributed by atoms with Gasteiger partial charge in [-0.2, -0.15) is 5.26 Å². The molecule has 3 aromatic carbocycles. The molecule has 6 heteroatoms. The lowest BCUT2D eigenvalue weighted by Gasteiger charge is -2.07. The molecule has 4 nitrogen and oxygen atoms in total. The lowest BCUT2D eigenvalue weighted by Crippen LogP contribution is -2.03. The molecule has 3 rings (SSSR count). The van der Waals surface area contributed by atoms with Gasteiger partial charge in [0.25, 0.3) is 0 Å². The molecule has 0 heterocycles. The summed E-state index contributed by atoms with van der Waals surface area (Å²) in [5.74, 6) is 0.653. The number of sulfone groups is 1. The number of halogens is 1. The summed E-state index contributed by atoms with van der Waals surface area (Å²) in [6.07, 6.45) is 1.34. The van der Waals surface area contributed by atoms with Crippen LogP contribution in [0.25, 0.3) is 6.08 Å². The first-order chi connectivity index (χ1) is 13.5. The Kier molecular flexibility index (Phi) is 6.15. The zero-order chi connectivity index (χ0) is 20.0. The maximum Gasteiger partial charge on any atom is 0.216 e. The van der Waals surface area contributed by atoms with Crippen LogP contribution in [-0.2, 0) is 16.4 Å². The number of hydrogen-bond donors (Lipinski definition) is 0. The van der Waals surface area contributed by atoms with Crippen LogP contribution in [0.5, 0.6) is 5.75 Å². The largest absolute Gasteiger partial charge is 0.489 e. The Morgan fingerprint density at radius 3 is 2.21 bits per heavy atom. The van der Waals surface area contributed by atoms with Gasteiger partial charge >= 0.3 is 0 Å². The molecular formula is C22H16ClNO3S. The van der Waals surface area contributed by atoms with Gasteiger partial charge in [-0.15, -0.1) is 0 Å². The fourth-order valence-electron chi connectivity index (χ4n) is 2.46. The fourth-order valence-corrected chi connectivity index (χ4v) is 3.75. The highest BCUT2D eigenvalue weighted by Crippen LogP contribution is 2.23. The zero-order valence-corrected chi connectivity index (χ0v) is 16.3. The highest BCUT2D eigenvalue weighted by atomic mass is 35.5. The van der Waals surface area contributed by atoms with E-state index >= 15 is 0 Å². The molecule has 0 aliphatic rings. The molecule has 0 N–H and O–H groups in total. The standard InChI is InChI=1S/C22H16ClNO3S/c23-19-8-12-21(13-9-19)28(25,26)22(15-24)14-17-6-10-20(11-7-17)27-16-18-4-2-1-3-5-18/h1-14H,16H2. The summed E-state index contributed by atoms with van der Waals surface area (Å²) in [7, 11) is -3.91. The first-order valence-corrected chi connectivity index (χ1v) is 10.2. The molecule has 140 valence electrons. The van der Waals surface area contributed by atoms with Gasteiger partial charge in [0.2, 0.25) is 9.84 Å². The lowest BCUT2D eigenvalue weighted by atomic mass is 10.2. The predicted octanol–water partition coefficient (Wildman–Crippen LogP) is 5.26. The highest BCUT2D eigenvalue weighted by Gasteiger charge is 2.20. The third-order valence-corrected chi connectivity index (χ3v) is 5.88. The number of rotatable bonds is 6. The minimum absolute atomic E-state index is 0.0208. The number of hydrogen-bond acceptors (Lipinski definition) is 4. The zero-order valence-electron chi connectivity index (χ0n) is 14.7. The van der Waals surface area contributed by atoms with E-state index < -0.39 is 9.84 Å². The van der Waals surface area contributed by atoms with Crippen molar-refractivity contribution in [2.24, 2.45) is 0 Å². The van der Waals surface area contributed by atoms with Crippen molar-refractivity contribution in [3.05, 3.63) is 99.9 Å². The van der Waals surface area contributed by atoms with Gasteiger partial charge in [-0.05, 0) is 53.6 Å². The Balaban J connectivity index is 1.77. The second-order valence-corrected chi connectivity index (χ2v) is 8.28. The average Bonchev–Trinajstić information content (AvgIpc) is 2.72. The molecule has 0 aliphatic heterocycles. The molecule has 0 radical (unpaired) electrons. The number of ether oxygens (including phenoxy) is 1. The highest BCUT2D eigenvalue weighted by molar-refractivity contribution is 7.95. The van der Waals surface area contributed by atoms with Crippen molar-refractivity contribution in [2.75, 3.05) is 0 Å². The van der Waals surface area contributed by atoms with Gasteiger partial charge in [0.15, 0.2) is 0 Å². The smallest absolute Gasteiger partial charge is 0.216 e. The van der Waals surface area contributed by atoms with Crippen molar-refractivity contribution >= 4 is 27.5 Å². The van der Waals surface area contributed by atoms with E-state index in [9.17, 15) is 13.7 Å². The summed E-state index contributed by atoms with van der Waals surface area (Å²) in [6.45, 7) is 0.435. The number of nitriles is 1. The van der Waals surface area contributed by atoms with Gasteiger partial charge in [-0.1, -0.05) is 54.1 Å². The van der Waals surface area contributed by atoms with Gasteiger partial charge in [-0.25, -0.2) is 8.42 Å². The van der Waals surface area contributed by atoms with E-state index in [4.69, 9.17) is 16.3 Å². The normalized spacial score (nSPS) is 11.6. The minimum atomic E-state index is -3.91. The summed E-state index contributed by atoms with van der Waals surface area (Å²) in [6, 6.07) is 24.1. The van der Waals surface area contributed by atoms with E-state index in [0.29, 0.717) is 22.9 Å². The maximum atomic E-state index is 12.6. The number of benzene rings is 3. The van der Waals surface area contributed by atoms with Crippen molar-refractivity contribution in [3.63, 3.8) is 0 Å². The van der Waals surface area contributed by atoms with Crippen LogP contribution in [0.3, 0.4) is 0 Å². The molecule has 0 unspecified atom stereocenters. The Morgan fingerprint density at radius 2 is 1.61 bits per heavy atom. The van der Waals surface area contributed by atoms with Crippen LogP contribution in [0.4, 0.5) is 0 Å². The van der Waals surface area contributed by atoms with Crippen molar-refractivity contribution in [3.8, 4) is 11.8 Å². The van der Waals surface area contributed by atoms with Crippen LogP contribution >= 0.6 is 11.6 Å². The van der Waals surface area contributed by atoms with Crippen molar-refractivity contribution in [2.45, 2.75) is 11.5 Å². The summed E-state index contributed by atoms with van der Waals surface area (Å²) in [5, 5.41) is 9.78. The summed E-state index contributed by atoms with van der Waals surface area (Å²) >= 11 is 5.80. The third-order valence-electron chi connectivity index (χ3n) is 3.95. The summed E-state index contributed by atoms with van der Waals surface area (Å²) < 4.78 is 31.0. The molecule has 3 aromatic rings. The topological polar surface area (TPSA) is 67.2 Å². The Morgan fingerprint density at radius 1 is 0.964 bits per heavy atom. The van der Waals surface area contributed by atoms with Gasteiger partial charge in [0.05, 0.1) is 4.90 Å². The van der Waals surface area contributed by atoms with Gasteiger partial charge in [0.1, 0.15) is 23.3 Å². The van der Waals surface area contributed by atoms with Gasteiger partial charge < -0.3 is 4.74 Å². The molecule has 0 atom stereocenters. The predicted molar refractivity (Wildman–Crippen MR) is 109 cm³/mol. The van der Waals surface area contributed by atoms with E-state index in [1.807, 2.05) is 30.3 Å². The van der Waals surface area contributed by atoms with Crippen LogP contribution < -0.4 is 4.74 Å². The molecule has 0 saturated heterocycles. The van der Waals surface area contributed by atoms with E-state index in [1.165, 1.54) is 30.3 Å². The SMILES string of the molecule is N#CC(=Cc1ccc(OCc2ccccc2)cc1)S(=O)(=O)c1ccc(Cl)cc1. The molecule has 0 saturated carbocycles. The first kappa shape index (κ1) is 19.7. The second-order valence-electron chi connectivity index (χ2n) is 5.92. The molecule has 0 amide bonds. The maximum absolute atomic E-state index is 12.6. The molecule has 0 aliphatic carbocycles. The van der Waals surface area contributed by atoms with Crippen LogP contribution in [0, 0.1) is 11.3 Å². The molecule has 0 spiro atoms. The van der Waals surface area contributed by atoms with E-state index in [1.54, 1.807) is 30.3 Å². The quantitative estimate of drug-likeness (QED) is 0.521. The average molecular weight is 410 g/mol. The number of nitrogens with zero attached hydrogens (tertiary/aromatic N) is 1. The van der Waals surface area contributed by atoms with Crippen molar-refractivity contribution in [1.29, 1.82) is 5.26 Å². The Hall–Kier alpha value is -3.07. The third kappa shape index (κ3) is 4.80. The monoisotopic (exact) mass is 409 g/mol. The molecular weight excluding hydrogens is 394 g/mol. The summed E-state index contributed by atoms with van der Waals surface area (Å²) in [5.41, 5.74) is 1.63. The van der Waals surface area contributed by atoms with Crippen LogP contribution in [0.1, 0.15) is 11.1 Å². The van der Waals surface area contributed by atoms with Gasteiger partial charge in [-0.3, -0.25) is 0 Å². The van der Waals surface area contributed by atoms with E-state index in [0.717, 1.165) is 5.56 Å². The van der Waals surface area contributed by atoms with Gasteiger partial charge in [0, 0.05) is 5.02 Å². The minimum Gasteiger partial charge on any atom is -0.489 e. The molecule has 0 bridgehead atoms. The van der Waals surface area contributed by atoms with Crippen LogP contribution in [0.15, 0.2) is 88.7 Å². The summed E-state index contributed by atoms with van der Waals surface area (Å²) in [4.78, 5) is -0.319. The number of allylic oxidation sites excluding steroid dienone is 1. The van der Waals surface area contributed by atoms with Crippen molar-refractivity contribution < 1.29 is 13.2 Å². The molecule has 0 fully saturated rings. The van der Waals surface area contributed by atoms with Crippen LogP contribution in [0.2, 0.25) is 5.02 Å². The fraction of sp³-hybridized carbons (Fsp3) is 0.0455. The Labute approximate surface area is 169 Å². The Bertz CT molecular complexity index is 1120. The van der Waals surface area contributed by atoms with Crippen molar-refractivity contribution in [1.82, 2.24) is 0 Å². The molecule has 0 aromatic heterocycles. The second kappa shape index (κ2) is 8.75.